The fourth-order valence-electron chi connectivity index (χ4n) is 4.39. The lowest BCUT2D eigenvalue weighted by atomic mass is 10.1. The van der Waals surface area contributed by atoms with Crippen LogP contribution >= 0.6 is 0 Å². The third-order valence-corrected chi connectivity index (χ3v) is 8.53. The Labute approximate surface area is 247 Å². The number of carbonyl (C=O) groups is 2. The molecule has 0 unspecified atom stereocenters. The van der Waals surface area contributed by atoms with E-state index in [1.165, 1.54) is 64.7 Å². The van der Waals surface area contributed by atoms with Crippen LogP contribution in [0.1, 0.15) is 12.5 Å². The molecule has 0 fully saturated rings. The molecule has 0 saturated carbocycles. The van der Waals surface area contributed by atoms with Gasteiger partial charge in [0.2, 0.25) is 11.8 Å². The second-order valence-corrected chi connectivity index (χ2v) is 11.0. The van der Waals surface area contributed by atoms with Crippen molar-refractivity contribution >= 4 is 27.5 Å². The van der Waals surface area contributed by atoms with Gasteiger partial charge in [-0.1, -0.05) is 30.3 Å². The lowest BCUT2D eigenvalue weighted by Gasteiger charge is -2.32. The molecule has 0 radical (unpaired) electrons. The molecule has 0 spiro atoms. The molecular weight excluding hydrogens is 562 g/mol. The average molecular weight is 600 g/mol. The summed E-state index contributed by atoms with van der Waals surface area (Å²) in [4.78, 5) is 27.9. The van der Waals surface area contributed by atoms with Crippen LogP contribution in [0.4, 0.5) is 5.69 Å². The first kappa shape index (κ1) is 32.1. The van der Waals surface area contributed by atoms with Gasteiger partial charge in [0.1, 0.15) is 24.1 Å². The minimum atomic E-state index is -4.40. The van der Waals surface area contributed by atoms with E-state index in [9.17, 15) is 18.0 Å². The fourth-order valence-corrected chi connectivity index (χ4v) is 5.82. The molecule has 3 aromatic carbocycles. The summed E-state index contributed by atoms with van der Waals surface area (Å²) in [6, 6.07) is 17.4. The molecular formula is C30H37N3O8S. The molecule has 0 saturated heterocycles. The number of ether oxygens (including phenoxy) is 4. The van der Waals surface area contributed by atoms with Crippen molar-refractivity contribution in [2.24, 2.45) is 0 Å². The van der Waals surface area contributed by atoms with E-state index in [0.717, 1.165) is 9.87 Å². The Morgan fingerprint density at radius 3 is 2.07 bits per heavy atom. The van der Waals surface area contributed by atoms with Gasteiger partial charge in [-0.3, -0.25) is 13.9 Å². The molecule has 3 aromatic rings. The summed E-state index contributed by atoms with van der Waals surface area (Å²) >= 11 is 0. The van der Waals surface area contributed by atoms with Crippen molar-refractivity contribution in [2.45, 2.75) is 24.3 Å². The van der Waals surface area contributed by atoms with E-state index < -0.39 is 28.5 Å². The van der Waals surface area contributed by atoms with Crippen molar-refractivity contribution in [3.8, 4) is 23.0 Å². The highest BCUT2D eigenvalue weighted by Crippen LogP contribution is 2.37. The molecule has 11 nitrogen and oxygen atoms in total. The van der Waals surface area contributed by atoms with Crippen molar-refractivity contribution in [3.05, 3.63) is 72.3 Å². The summed E-state index contributed by atoms with van der Waals surface area (Å²) in [6.07, 6.45) is 0.457. The fraction of sp³-hybridized carbons (Fsp3) is 0.333. The van der Waals surface area contributed by atoms with E-state index in [1.54, 1.807) is 19.1 Å². The van der Waals surface area contributed by atoms with Crippen LogP contribution in [0.25, 0.3) is 0 Å². The first-order valence-electron chi connectivity index (χ1n) is 13.1. The summed E-state index contributed by atoms with van der Waals surface area (Å²) < 4.78 is 50.9. The van der Waals surface area contributed by atoms with Crippen LogP contribution in [0, 0.1) is 0 Å². The molecule has 1 atom stereocenters. The zero-order valence-electron chi connectivity index (χ0n) is 24.6. The lowest BCUT2D eigenvalue weighted by molar-refractivity contribution is -0.138. The molecule has 226 valence electrons. The Hall–Kier alpha value is -4.45. The molecule has 0 heterocycles. The van der Waals surface area contributed by atoms with Gasteiger partial charge in [-0.05, 0) is 43.2 Å². The molecule has 2 amide bonds. The van der Waals surface area contributed by atoms with Crippen molar-refractivity contribution in [1.82, 2.24) is 10.2 Å². The van der Waals surface area contributed by atoms with E-state index in [2.05, 4.69) is 5.32 Å². The van der Waals surface area contributed by atoms with Crippen LogP contribution in [-0.4, -0.2) is 79.8 Å². The molecule has 0 bridgehead atoms. The number of nitrogens with one attached hydrogen (secondary N) is 1. The maximum Gasteiger partial charge on any atom is 0.265 e. The van der Waals surface area contributed by atoms with E-state index in [4.69, 9.17) is 18.9 Å². The largest absolute Gasteiger partial charge is 0.497 e. The number of methoxy groups -OCH3 is 4. The third-order valence-electron chi connectivity index (χ3n) is 6.77. The van der Waals surface area contributed by atoms with Crippen LogP contribution in [0.2, 0.25) is 0 Å². The van der Waals surface area contributed by atoms with Gasteiger partial charge in [0, 0.05) is 25.7 Å². The summed E-state index contributed by atoms with van der Waals surface area (Å²) in [5, 5.41) is 2.57. The predicted molar refractivity (Wildman–Crippen MR) is 159 cm³/mol. The maximum atomic E-state index is 14.2. The number of amides is 2. The number of anilines is 1. The molecule has 0 aromatic heterocycles. The van der Waals surface area contributed by atoms with Gasteiger partial charge >= 0.3 is 0 Å². The molecule has 12 heteroatoms. The Kier molecular flexibility index (Phi) is 11.0. The van der Waals surface area contributed by atoms with E-state index in [-0.39, 0.29) is 34.5 Å². The topological polar surface area (TPSA) is 124 Å². The van der Waals surface area contributed by atoms with Gasteiger partial charge in [0.15, 0.2) is 11.5 Å². The van der Waals surface area contributed by atoms with Crippen molar-refractivity contribution in [3.63, 3.8) is 0 Å². The predicted octanol–water partition coefficient (Wildman–Crippen LogP) is 3.12. The molecule has 1 N–H and O–H groups in total. The highest BCUT2D eigenvalue weighted by atomic mass is 32.2. The minimum Gasteiger partial charge on any atom is -0.497 e. The number of rotatable bonds is 14. The van der Waals surface area contributed by atoms with E-state index >= 15 is 0 Å². The minimum absolute atomic E-state index is 0.0793. The van der Waals surface area contributed by atoms with Crippen LogP contribution in [-0.2, 0) is 26.0 Å². The van der Waals surface area contributed by atoms with Crippen LogP contribution in [0.5, 0.6) is 23.0 Å². The third kappa shape index (κ3) is 7.24. The number of hydrogen-bond acceptors (Lipinski definition) is 8. The second-order valence-electron chi connectivity index (χ2n) is 9.18. The Bertz CT molecular complexity index is 1480. The summed E-state index contributed by atoms with van der Waals surface area (Å²) in [5.41, 5.74) is 1.04. The monoisotopic (exact) mass is 599 g/mol. The Morgan fingerprint density at radius 2 is 1.48 bits per heavy atom. The lowest BCUT2D eigenvalue weighted by Crippen LogP contribution is -2.51. The molecule has 0 aliphatic heterocycles. The Morgan fingerprint density at radius 1 is 0.833 bits per heavy atom. The van der Waals surface area contributed by atoms with Crippen LogP contribution < -0.4 is 28.6 Å². The van der Waals surface area contributed by atoms with Crippen LogP contribution in [0.15, 0.2) is 71.6 Å². The average Bonchev–Trinajstić information content (AvgIpc) is 3.02. The smallest absolute Gasteiger partial charge is 0.265 e. The van der Waals surface area contributed by atoms with Crippen molar-refractivity contribution in [2.75, 3.05) is 52.9 Å². The number of hydrogen-bond donors (Lipinski definition) is 1. The first-order chi connectivity index (χ1) is 20.1. The highest BCUT2D eigenvalue weighted by molar-refractivity contribution is 7.92. The number of likely N-dealkylation sites (N-methyl/N-ethyl adjacent to an activating group) is 1. The summed E-state index contributed by atoms with van der Waals surface area (Å²) in [5.74, 6) is 0.110. The van der Waals surface area contributed by atoms with Crippen molar-refractivity contribution in [1.29, 1.82) is 0 Å². The van der Waals surface area contributed by atoms with Crippen molar-refractivity contribution < 1.29 is 37.0 Å². The zero-order valence-corrected chi connectivity index (χ0v) is 25.4. The zero-order chi connectivity index (χ0) is 30.9. The second kappa shape index (κ2) is 14.4. The van der Waals surface area contributed by atoms with E-state index in [0.29, 0.717) is 17.9 Å². The number of carbonyl (C=O) groups excluding carboxylic acids is 2. The maximum absolute atomic E-state index is 14.2. The molecule has 0 aliphatic rings. The normalized spacial score (nSPS) is 11.7. The summed E-state index contributed by atoms with van der Waals surface area (Å²) in [6.45, 7) is 1.15. The molecule has 3 rings (SSSR count). The summed E-state index contributed by atoms with van der Waals surface area (Å²) in [7, 11) is 2.75. The van der Waals surface area contributed by atoms with Gasteiger partial charge in [-0.15, -0.1) is 0 Å². The number of benzene rings is 3. The van der Waals surface area contributed by atoms with Gasteiger partial charge in [-0.2, -0.15) is 0 Å². The number of nitrogens with zero attached hydrogens (tertiary/aromatic N) is 2. The highest BCUT2D eigenvalue weighted by Gasteiger charge is 2.34. The SMILES string of the molecule is CNC(=O)[C@H](C)N(CCc1ccccc1)C(=O)CN(c1cc(OC)ccc1OC)S(=O)(=O)c1ccc(OC)c(OC)c1. The Balaban J connectivity index is 2.12. The van der Waals surface area contributed by atoms with Gasteiger partial charge in [-0.25, -0.2) is 8.42 Å². The van der Waals surface area contributed by atoms with E-state index in [1.807, 2.05) is 30.3 Å². The standard InChI is InChI=1S/C30H37N3O8S/c1-21(30(35)31-2)32(17-16-22-10-8-7-9-11-22)29(34)20-33(25-18-23(38-3)12-14-26(25)39-4)42(36,37)24-13-15-27(40-5)28(19-24)41-6/h7-15,18-19,21H,16-17,20H2,1-6H3,(H,31,35)/t21-/m0/s1. The van der Waals surface area contributed by atoms with Gasteiger partial charge in [0.05, 0.1) is 39.0 Å². The molecule has 42 heavy (non-hydrogen) atoms. The molecule has 0 aliphatic carbocycles. The quantitative estimate of drug-likeness (QED) is 0.300. The first-order valence-corrected chi connectivity index (χ1v) is 14.6. The van der Waals surface area contributed by atoms with Crippen LogP contribution in [0.3, 0.4) is 0 Å². The number of sulfonamides is 1. The van der Waals surface area contributed by atoms with Gasteiger partial charge in [0.25, 0.3) is 10.0 Å². The van der Waals surface area contributed by atoms with Gasteiger partial charge < -0.3 is 29.2 Å².